The average Bonchev–Trinajstić information content (AvgIpc) is 2.56. The predicted molar refractivity (Wildman–Crippen MR) is 87.6 cm³/mol. The topological polar surface area (TPSA) is 56.2 Å². The van der Waals surface area contributed by atoms with Gasteiger partial charge >= 0.3 is 0 Å². The molecule has 1 atom stereocenters. The molecule has 0 N–H and O–H groups in total. The van der Waals surface area contributed by atoms with Gasteiger partial charge in [-0.2, -0.15) is 5.26 Å². The first-order chi connectivity index (χ1) is 10.9. The molecule has 5 heteroatoms. The van der Waals surface area contributed by atoms with Gasteiger partial charge in [-0.15, -0.1) is 0 Å². The van der Waals surface area contributed by atoms with E-state index in [2.05, 4.69) is 6.07 Å². The van der Waals surface area contributed by atoms with Crippen LogP contribution in [0.2, 0.25) is 5.02 Å². The van der Waals surface area contributed by atoms with Crippen LogP contribution >= 0.6 is 11.6 Å². The van der Waals surface area contributed by atoms with Crippen molar-refractivity contribution in [3.8, 4) is 11.8 Å². The fraction of sp³-hybridized carbons (Fsp3) is 0.278. The molecule has 1 unspecified atom stereocenters. The number of para-hydroxylation sites is 2. The van der Waals surface area contributed by atoms with E-state index < -0.39 is 11.0 Å². The Kier molecular flexibility index (Phi) is 3.71. The number of hydrogen-bond acceptors (Lipinski definition) is 3. The number of hydrogen-bond donors (Lipinski definition) is 0. The van der Waals surface area contributed by atoms with Gasteiger partial charge in [0.25, 0.3) is 0 Å². The van der Waals surface area contributed by atoms with E-state index >= 15 is 0 Å². The second-order valence-corrected chi connectivity index (χ2v) is 6.59. The molecule has 1 aliphatic rings. The van der Waals surface area contributed by atoms with E-state index in [-0.39, 0.29) is 6.61 Å². The minimum atomic E-state index is -1.15. The number of anilines is 1. The number of nitrogens with zero attached hydrogens (tertiary/aromatic N) is 2. The predicted octanol–water partition coefficient (Wildman–Crippen LogP) is 4.33. The third kappa shape index (κ3) is 2.24. The molecule has 0 aliphatic carbocycles. The van der Waals surface area contributed by atoms with Crippen LogP contribution in [0.3, 0.4) is 0 Å². The molecule has 4 nitrogen and oxygen atoms in total. The van der Waals surface area contributed by atoms with Crippen molar-refractivity contribution < 1.29 is 9.94 Å². The number of nitriles is 1. The van der Waals surface area contributed by atoms with Crippen LogP contribution in [0.4, 0.5) is 5.69 Å². The van der Waals surface area contributed by atoms with E-state index in [1.54, 1.807) is 56.3 Å². The van der Waals surface area contributed by atoms with Crippen LogP contribution in [0.1, 0.15) is 19.4 Å². The zero-order valence-corrected chi connectivity index (χ0v) is 13.7. The van der Waals surface area contributed by atoms with Gasteiger partial charge in [-0.05, 0) is 43.7 Å². The first-order valence-corrected chi connectivity index (χ1v) is 7.67. The smallest absolute Gasteiger partial charge is 0.147 e. The molecule has 1 radical (unpaired) electrons. The van der Waals surface area contributed by atoms with Crippen LogP contribution in [-0.4, -0.2) is 6.61 Å². The molecule has 23 heavy (non-hydrogen) atoms. The number of halogens is 1. The lowest BCUT2D eigenvalue weighted by molar-refractivity contribution is -0.0155. The number of fused-ring (bicyclic) bond motifs is 1. The number of hydroxylamine groups is 1. The summed E-state index contributed by atoms with van der Waals surface area (Å²) in [6.07, 6.45) is 0. The molecule has 0 aromatic heterocycles. The van der Waals surface area contributed by atoms with Gasteiger partial charge in [0.1, 0.15) is 23.6 Å². The van der Waals surface area contributed by atoms with Crippen molar-refractivity contribution in [1.82, 2.24) is 0 Å². The minimum absolute atomic E-state index is 0.0930. The summed E-state index contributed by atoms with van der Waals surface area (Å²) in [6.45, 7) is 3.60. The zero-order valence-electron chi connectivity index (χ0n) is 12.9. The normalized spacial score (nSPS) is 20.4. The summed E-state index contributed by atoms with van der Waals surface area (Å²) < 4.78 is 5.86. The van der Waals surface area contributed by atoms with Gasteiger partial charge in [-0.3, -0.25) is 0 Å². The first kappa shape index (κ1) is 15.7. The molecule has 2 aromatic rings. The summed E-state index contributed by atoms with van der Waals surface area (Å²) in [5.41, 5.74) is -0.994. The van der Waals surface area contributed by atoms with E-state index in [0.717, 1.165) is 5.06 Å². The Labute approximate surface area is 140 Å². The van der Waals surface area contributed by atoms with E-state index in [4.69, 9.17) is 16.3 Å². The maximum atomic E-state index is 13.3. The van der Waals surface area contributed by atoms with Crippen molar-refractivity contribution in [3.05, 3.63) is 59.1 Å². The first-order valence-electron chi connectivity index (χ1n) is 7.29. The molecule has 0 spiro atoms. The van der Waals surface area contributed by atoms with Crippen LogP contribution < -0.4 is 9.80 Å². The molecule has 117 valence electrons. The van der Waals surface area contributed by atoms with Crippen LogP contribution in [0.25, 0.3) is 0 Å². The molecule has 2 aromatic carbocycles. The third-order valence-corrected chi connectivity index (χ3v) is 4.75. The quantitative estimate of drug-likeness (QED) is 0.825. The molecule has 1 aliphatic heterocycles. The number of ether oxygens (including phenoxy) is 1. The van der Waals surface area contributed by atoms with Gasteiger partial charge in [-0.25, -0.2) is 5.06 Å². The molecule has 0 amide bonds. The Morgan fingerprint density at radius 3 is 2.52 bits per heavy atom. The summed E-state index contributed by atoms with van der Waals surface area (Å²) in [5, 5.41) is 24.5. The summed E-state index contributed by atoms with van der Waals surface area (Å²) >= 11 is 5.97. The van der Waals surface area contributed by atoms with E-state index in [1.165, 1.54) is 0 Å². The Balaban J connectivity index is 2.23. The molecule has 0 saturated carbocycles. The minimum Gasteiger partial charge on any atom is -0.488 e. The molecule has 3 rings (SSSR count). The lowest BCUT2D eigenvalue weighted by atomic mass is 9.68. The molecule has 1 heterocycles. The number of benzene rings is 2. The van der Waals surface area contributed by atoms with Gasteiger partial charge in [0.05, 0.1) is 11.5 Å². The maximum absolute atomic E-state index is 13.3. The monoisotopic (exact) mass is 327 g/mol. The Hall–Kier alpha value is -2.22. The van der Waals surface area contributed by atoms with Crippen molar-refractivity contribution in [3.63, 3.8) is 0 Å². The van der Waals surface area contributed by atoms with Crippen LogP contribution in [0.15, 0.2) is 48.5 Å². The summed E-state index contributed by atoms with van der Waals surface area (Å²) in [6, 6.07) is 16.3. The standard InChI is InChI=1S/C18H16ClN2O2/c1-17(2,11-20)18(13-7-9-14(19)10-8-13)12-23-16-6-4-3-5-15(16)21(18)22/h3-10H,12H2,1-2H3. The van der Waals surface area contributed by atoms with Gasteiger partial charge in [0, 0.05) is 5.02 Å². The van der Waals surface area contributed by atoms with E-state index in [0.29, 0.717) is 22.0 Å². The van der Waals surface area contributed by atoms with Crippen molar-refractivity contribution >= 4 is 17.3 Å². The number of rotatable bonds is 2. The third-order valence-electron chi connectivity index (χ3n) is 4.50. The van der Waals surface area contributed by atoms with Gasteiger partial charge in [-0.1, -0.05) is 41.1 Å². The molecular formula is C18H16ClN2O2. The molecule has 0 saturated heterocycles. The largest absolute Gasteiger partial charge is 0.488 e. The highest BCUT2D eigenvalue weighted by Gasteiger charge is 2.56. The molecular weight excluding hydrogens is 312 g/mol. The highest BCUT2D eigenvalue weighted by Crippen LogP contribution is 2.50. The second kappa shape index (κ2) is 5.45. The zero-order chi connectivity index (χ0) is 16.7. The van der Waals surface area contributed by atoms with E-state index in [9.17, 15) is 10.5 Å². The molecule has 0 fully saturated rings. The van der Waals surface area contributed by atoms with Crippen LogP contribution in [-0.2, 0) is 10.7 Å². The maximum Gasteiger partial charge on any atom is 0.147 e. The van der Waals surface area contributed by atoms with Crippen molar-refractivity contribution in [2.24, 2.45) is 5.41 Å². The fourth-order valence-corrected chi connectivity index (χ4v) is 3.13. The van der Waals surface area contributed by atoms with Crippen molar-refractivity contribution in [1.29, 1.82) is 5.26 Å². The van der Waals surface area contributed by atoms with Crippen LogP contribution in [0.5, 0.6) is 5.75 Å². The van der Waals surface area contributed by atoms with Gasteiger partial charge in [0.2, 0.25) is 0 Å². The summed E-state index contributed by atoms with van der Waals surface area (Å²) in [4.78, 5) is 0. The summed E-state index contributed by atoms with van der Waals surface area (Å²) in [7, 11) is 0. The van der Waals surface area contributed by atoms with Crippen molar-refractivity contribution in [2.75, 3.05) is 11.7 Å². The lowest BCUT2D eigenvalue weighted by Crippen LogP contribution is -2.59. The Morgan fingerprint density at radius 1 is 1.22 bits per heavy atom. The lowest BCUT2D eigenvalue weighted by Gasteiger charge is -2.49. The highest BCUT2D eigenvalue weighted by atomic mass is 35.5. The SMILES string of the molecule is CC(C)(C#N)C1(c2ccc(Cl)cc2)COc2ccccc2N1[O]. The Morgan fingerprint density at radius 2 is 1.87 bits per heavy atom. The Bertz CT molecular complexity index is 767. The van der Waals surface area contributed by atoms with Crippen molar-refractivity contribution in [2.45, 2.75) is 19.4 Å². The second-order valence-electron chi connectivity index (χ2n) is 6.15. The summed E-state index contributed by atoms with van der Waals surface area (Å²) in [5.74, 6) is 0.529. The van der Waals surface area contributed by atoms with E-state index in [1.807, 2.05) is 6.07 Å². The fourth-order valence-electron chi connectivity index (χ4n) is 3.01. The van der Waals surface area contributed by atoms with Crippen LogP contribution in [0, 0.1) is 16.7 Å². The highest BCUT2D eigenvalue weighted by molar-refractivity contribution is 6.30. The molecule has 0 bridgehead atoms. The van der Waals surface area contributed by atoms with Gasteiger partial charge in [0.15, 0.2) is 0 Å². The average molecular weight is 328 g/mol. The van der Waals surface area contributed by atoms with Gasteiger partial charge < -0.3 is 4.74 Å².